The Bertz CT molecular complexity index is 1110. The summed E-state index contributed by atoms with van der Waals surface area (Å²) >= 11 is 0. The number of hydrogen-bond acceptors (Lipinski definition) is 5. The van der Waals surface area contributed by atoms with E-state index in [-0.39, 0.29) is 5.69 Å². The Hall–Kier alpha value is -3.42. The van der Waals surface area contributed by atoms with Gasteiger partial charge in [-0.1, -0.05) is 12.2 Å². The van der Waals surface area contributed by atoms with Crippen molar-refractivity contribution in [1.82, 2.24) is 34.1 Å². The van der Waals surface area contributed by atoms with E-state index in [9.17, 15) is 4.39 Å². The summed E-state index contributed by atoms with van der Waals surface area (Å²) in [5, 5.41) is 8.36. The lowest BCUT2D eigenvalue weighted by Gasteiger charge is -2.10. The van der Waals surface area contributed by atoms with Crippen molar-refractivity contribution in [2.24, 2.45) is 0 Å². The molecule has 0 aliphatic rings. The molecule has 4 aromatic rings. The van der Waals surface area contributed by atoms with Gasteiger partial charge in [-0.2, -0.15) is 0 Å². The van der Waals surface area contributed by atoms with E-state index in [0.717, 1.165) is 22.7 Å². The van der Waals surface area contributed by atoms with Crippen LogP contribution in [0.2, 0.25) is 0 Å². The van der Waals surface area contributed by atoms with Gasteiger partial charge in [-0.15, -0.1) is 10.2 Å². The highest BCUT2D eigenvalue weighted by Crippen LogP contribution is 2.21. The fourth-order valence-corrected chi connectivity index (χ4v) is 2.85. The average Bonchev–Trinajstić information content (AvgIpc) is 3.25. The Kier molecular flexibility index (Phi) is 4.00. The molecular formula is C18H16FN7. The molecule has 0 aliphatic carbocycles. The van der Waals surface area contributed by atoms with Gasteiger partial charge in [0, 0.05) is 24.2 Å². The van der Waals surface area contributed by atoms with E-state index < -0.39 is 5.82 Å². The summed E-state index contributed by atoms with van der Waals surface area (Å²) in [6.07, 6.45) is 10.5. The van der Waals surface area contributed by atoms with E-state index in [1.54, 1.807) is 31.0 Å². The minimum Gasteiger partial charge on any atom is -0.324 e. The highest BCUT2D eigenvalue weighted by Gasteiger charge is 2.16. The van der Waals surface area contributed by atoms with Gasteiger partial charge >= 0.3 is 0 Å². The third kappa shape index (κ3) is 2.65. The van der Waals surface area contributed by atoms with Crippen molar-refractivity contribution in [3.63, 3.8) is 0 Å². The van der Waals surface area contributed by atoms with E-state index in [0.29, 0.717) is 12.4 Å². The predicted molar refractivity (Wildman–Crippen MR) is 94.7 cm³/mol. The fourth-order valence-electron chi connectivity index (χ4n) is 2.85. The number of rotatable bonds is 4. The van der Waals surface area contributed by atoms with Gasteiger partial charge in [0.25, 0.3) is 0 Å². The zero-order valence-corrected chi connectivity index (χ0v) is 14.3. The molecule has 0 unspecified atom stereocenters. The molecule has 0 saturated carbocycles. The van der Waals surface area contributed by atoms with Crippen molar-refractivity contribution < 1.29 is 4.39 Å². The van der Waals surface area contributed by atoms with Gasteiger partial charge in [0.2, 0.25) is 0 Å². The summed E-state index contributed by atoms with van der Waals surface area (Å²) in [6.45, 7) is 4.22. The van der Waals surface area contributed by atoms with Crippen molar-refractivity contribution in [3.05, 3.63) is 66.0 Å². The van der Waals surface area contributed by atoms with Crippen LogP contribution in [0.5, 0.6) is 0 Å². The summed E-state index contributed by atoms with van der Waals surface area (Å²) in [4.78, 5) is 12.9. The Morgan fingerprint density at radius 1 is 1.15 bits per heavy atom. The highest BCUT2D eigenvalue weighted by molar-refractivity contribution is 5.67. The molecule has 0 saturated heterocycles. The van der Waals surface area contributed by atoms with Crippen LogP contribution in [0, 0.1) is 12.7 Å². The number of hydrogen-bond donors (Lipinski definition) is 0. The summed E-state index contributed by atoms with van der Waals surface area (Å²) in [5.41, 5.74) is 2.61. The number of imidazole rings is 1. The maximum Gasteiger partial charge on any atom is 0.171 e. The second kappa shape index (κ2) is 6.47. The lowest BCUT2D eigenvalue weighted by Crippen LogP contribution is -2.08. The van der Waals surface area contributed by atoms with Gasteiger partial charge in [-0.05, 0) is 26.0 Å². The Morgan fingerprint density at radius 3 is 2.85 bits per heavy atom. The number of pyridine rings is 1. The summed E-state index contributed by atoms with van der Waals surface area (Å²) in [6, 6.07) is 2.93. The molecule has 0 atom stereocenters. The molecule has 130 valence electrons. The molecular weight excluding hydrogens is 333 g/mol. The van der Waals surface area contributed by atoms with Crippen LogP contribution in [0.25, 0.3) is 23.2 Å². The Morgan fingerprint density at radius 2 is 2.04 bits per heavy atom. The number of aryl methyl sites for hydroxylation is 1. The third-order valence-corrected chi connectivity index (χ3v) is 4.09. The van der Waals surface area contributed by atoms with Crippen LogP contribution in [-0.4, -0.2) is 34.1 Å². The number of allylic oxidation sites excluding steroid dienone is 1. The average molecular weight is 349 g/mol. The second-order valence-corrected chi connectivity index (χ2v) is 5.76. The zero-order chi connectivity index (χ0) is 18.1. The zero-order valence-electron chi connectivity index (χ0n) is 14.3. The Balaban J connectivity index is 1.81. The molecule has 0 aromatic carbocycles. The van der Waals surface area contributed by atoms with Crippen LogP contribution in [-0.2, 0) is 6.54 Å². The molecule has 7 nitrogen and oxygen atoms in total. The molecule has 4 heterocycles. The van der Waals surface area contributed by atoms with Gasteiger partial charge in [0.1, 0.15) is 17.8 Å². The van der Waals surface area contributed by atoms with Gasteiger partial charge in [0.15, 0.2) is 17.3 Å². The van der Waals surface area contributed by atoms with Crippen molar-refractivity contribution >= 4 is 11.7 Å². The smallest absolute Gasteiger partial charge is 0.171 e. The SMILES string of the molecule is C/C=C/c1c(Cn2ccnc2-c2ncccc2F)ncn2c(C)nnc12. The maximum atomic E-state index is 14.1. The molecule has 8 heteroatoms. The normalized spacial score (nSPS) is 11.7. The number of aromatic nitrogens is 7. The van der Waals surface area contributed by atoms with E-state index >= 15 is 0 Å². The fraction of sp³-hybridized carbons (Fsp3) is 0.167. The molecule has 0 spiro atoms. The van der Waals surface area contributed by atoms with Crippen LogP contribution < -0.4 is 0 Å². The van der Waals surface area contributed by atoms with E-state index in [4.69, 9.17) is 0 Å². The molecule has 0 amide bonds. The first-order valence-corrected chi connectivity index (χ1v) is 8.13. The standard InChI is InChI=1S/C18H16FN7/c1-3-5-13-15(22-11-26-12(2)23-24-17(13)26)10-25-9-8-21-18(25)16-14(19)6-4-7-20-16/h3-9,11H,10H2,1-2H3/b5-3+. The van der Waals surface area contributed by atoms with Crippen molar-refractivity contribution in [1.29, 1.82) is 0 Å². The summed E-state index contributed by atoms with van der Waals surface area (Å²) < 4.78 is 17.8. The first-order chi connectivity index (χ1) is 12.7. The van der Waals surface area contributed by atoms with Gasteiger partial charge in [-0.3, -0.25) is 4.40 Å². The Labute approximate surface area is 148 Å². The van der Waals surface area contributed by atoms with Crippen molar-refractivity contribution in [2.45, 2.75) is 20.4 Å². The summed E-state index contributed by atoms with van der Waals surface area (Å²) in [7, 11) is 0. The minimum absolute atomic E-state index is 0.212. The molecule has 0 radical (unpaired) electrons. The van der Waals surface area contributed by atoms with Gasteiger partial charge in [-0.25, -0.2) is 19.3 Å². The molecule has 0 fully saturated rings. The second-order valence-electron chi connectivity index (χ2n) is 5.76. The number of halogens is 1. The predicted octanol–water partition coefficient (Wildman–Crippen LogP) is 2.91. The molecule has 0 bridgehead atoms. The van der Waals surface area contributed by atoms with Crippen LogP contribution in [0.1, 0.15) is 24.0 Å². The van der Waals surface area contributed by atoms with Crippen LogP contribution in [0.3, 0.4) is 0 Å². The lowest BCUT2D eigenvalue weighted by atomic mass is 10.2. The first kappa shape index (κ1) is 16.1. The van der Waals surface area contributed by atoms with Crippen LogP contribution in [0.4, 0.5) is 4.39 Å². The van der Waals surface area contributed by atoms with Crippen LogP contribution in [0.15, 0.2) is 43.1 Å². The lowest BCUT2D eigenvalue weighted by molar-refractivity contribution is 0.621. The first-order valence-electron chi connectivity index (χ1n) is 8.13. The van der Waals surface area contributed by atoms with E-state index in [1.807, 2.05) is 35.0 Å². The van der Waals surface area contributed by atoms with Gasteiger partial charge in [0.05, 0.1) is 12.2 Å². The molecule has 0 N–H and O–H groups in total. The molecule has 26 heavy (non-hydrogen) atoms. The van der Waals surface area contributed by atoms with Crippen molar-refractivity contribution in [2.75, 3.05) is 0 Å². The maximum absolute atomic E-state index is 14.1. The minimum atomic E-state index is -0.412. The topological polar surface area (TPSA) is 73.8 Å². The quantitative estimate of drug-likeness (QED) is 0.566. The van der Waals surface area contributed by atoms with Gasteiger partial charge < -0.3 is 4.57 Å². The number of fused-ring (bicyclic) bond motifs is 1. The molecule has 4 rings (SSSR count). The molecule has 0 aliphatic heterocycles. The van der Waals surface area contributed by atoms with Crippen LogP contribution >= 0.6 is 0 Å². The largest absolute Gasteiger partial charge is 0.324 e. The monoisotopic (exact) mass is 349 g/mol. The van der Waals surface area contributed by atoms with Crippen molar-refractivity contribution in [3.8, 4) is 11.5 Å². The summed E-state index contributed by atoms with van der Waals surface area (Å²) in [5.74, 6) is 0.808. The third-order valence-electron chi connectivity index (χ3n) is 4.09. The van der Waals surface area contributed by atoms with E-state index in [2.05, 4.69) is 25.1 Å². The number of nitrogens with zero attached hydrogens (tertiary/aromatic N) is 7. The molecule has 4 aromatic heterocycles. The highest BCUT2D eigenvalue weighted by atomic mass is 19.1. The van der Waals surface area contributed by atoms with E-state index in [1.165, 1.54) is 6.07 Å².